The van der Waals surface area contributed by atoms with E-state index in [-0.39, 0.29) is 5.92 Å². The Hall–Kier alpha value is -2.48. The van der Waals surface area contributed by atoms with Crippen molar-refractivity contribution in [2.24, 2.45) is 5.92 Å². The fraction of sp³-hybridized carbons (Fsp3) is 0.619. The lowest BCUT2D eigenvalue weighted by atomic mass is 10.0. The van der Waals surface area contributed by atoms with Crippen molar-refractivity contribution in [2.45, 2.75) is 57.6 Å². The minimum Gasteiger partial charge on any atom is -0.497 e. The Labute approximate surface area is 171 Å². The lowest BCUT2D eigenvalue weighted by molar-refractivity contribution is -0.154. The zero-order valence-corrected chi connectivity index (χ0v) is 17.8. The SMILES string of the molecule is COC(=O)[C@H]1OC(c2ccc(OC)cc2OC)N(C(=O)OC(C)(C)C)[C@H]1C1CC1. The first-order valence-electron chi connectivity index (χ1n) is 9.66. The first-order chi connectivity index (χ1) is 13.7. The van der Waals surface area contributed by atoms with Gasteiger partial charge in [0.25, 0.3) is 0 Å². The first kappa shape index (κ1) is 21.2. The van der Waals surface area contributed by atoms with Crippen LogP contribution in [0.15, 0.2) is 18.2 Å². The third-order valence-corrected chi connectivity index (χ3v) is 5.01. The molecule has 1 heterocycles. The molecule has 1 aliphatic heterocycles. The molecule has 0 bridgehead atoms. The molecule has 0 N–H and O–H groups in total. The Morgan fingerprint density at radius 2 is 1.79 bits per heavy atom. The van der Waals surface area contributed by atoms with Gasteiger partial charge in [-0.2, -0.15) is 0 Å². The zero-order valence-electron chi connectivity index (χ0n) is 17.8. The van der Waals surface area contributed by atoms with Crippen LogP contribution in [0.2, 0.25) is 0 Å². The van der Waals surface area contributed by atoms with Crippen LogP contribution in [-0.4, -0.2) is 56.0 Å². The average molecular weight is 407 g/mol. The van der Waals surface area contributed by atoms with Crippen LogP contribution in [-0.2, 0) is 19.0 Å². The summed E-state index contributed by atoms with van der Waals surface area (Å²) >= 11 is 0. The normalized spacial score (nSPS) is 24.2. The van der Waals surface area contributed by atoms with Crippen LogP contribution in [0.5, 0.6) is 11.5 Å². The van der Waals surface area contributed by atoms with E-state index in [0.29, 0.717) is 17.1 Å². The average Bonchev–Trinajstić information content (AvgIpc) is 3.44. The third kappa shape index (κ3) is 4.42. The van der Waals surface area contributed by atoms with E-state index in [1.807, 2.05) is 0 Å². The number of rotatable bonds is 5. The second-order valence-electron chi connectivity index (χ2n) is 8.26. The van der Waals surface area contributed by atoms with E-state index >= 15 is 0 Å². The van der Waals surface area contributed by atoms with Crippen molar-refractivity contribution in [1.29, 1.82) is 0 Å². The Morgan fingerprint density at radius 3 is 2.31 bits per heavy atom. The predicted octanol–water partition coefficient (Wildman–Crippen LogP) is 3.29. The van der Waals surface area contributed by atoms with Gasteiger partial charge in [0.15, 0.2) is 12.3 Å². The lowest BCUT2D eigenvalue weighted by Crippen LogP contribution is -2.46. The molecule has 0 radical (unpaired) electrons. The van der Waals surface area contributed by atoms with Gasteiger partial charge in [-0.3, -0.25) is 4.90 Å². The summed E-state index contributed by atoms with van der Waals surface area (Å²) in [5, 5.41) is 0. The maximum atomic E-state index is 13.2. The molecule has 1 aliphatic carbocycles. The maximum absolute atomic E-state index is 13.2. The Kier molecular flexibility index (Phi) is 5.93. The Balaban J connectivity index is 2.05. The highest BCUT2D eigenvalue weighted by molar-refractivity contribution is 5.79. The van der Waals surface area contributed by atoms with Gasteiger partial charge in [0.2, 0.25) is 0 Å². The first-order valence-corrected chi connectivity index (χ1v) is 9.66. The van der Waals surface area contributed by atoms with E-state index in [4.69, 9.17) is 23.7 Å². The van der Waals surface area contributed by atoms with Gasteiger partial charge in [-0.05, 0) is 51.7 Å². The molecule has 0 aromatic heterocycles. The van der Waals surface area contributed by atoms with Crippen LogP contribution in [0, 0.1) is 5.92 Å². The van der Waals surface area contributed by atoms with E-state index in [2.05, 4.69) is 0 Å². The standard InChI is InChI=1S/C21H29NO7/c1-21(2,3)29-20(24)22-16(12-7-8-12)17(19(23)27-6)28-18(22)14-10-9-13(25-4)11-15(14)26-5/h9-12,16-18H,7-8H2,1-6H3/t16-,17-,18?/m0/s1. The molecule has 8 nitrogen and oxygen atoms in total. The van der Waals surface area contributed by atoms with Crippen molar-refractivity contribution in [3.8, 4) is 11.5 Å². The smallest absolute Gasteiger partial charge is 0.413 e. The number of ether oxygens (including phenoxy) is 5. The molecule has 3 rings (SSSR count). The monoisotopic (exact) mass is 407 g/mol. The molecule has 0 spiro atoms. The minimum atomic E-state index is -0.892. The molecule has 1 unspecified atom stereocenters. The second kappa shape index (κ2) is 8.10. The highest BCUT2D eigenvalue weighted by Gasteiger charge is 2.56. The van der Waals surface area contributed by atoms with E-state index < -0.39 is 36.0 Å². The van der Waals surface area contributed by atoms with Crippen molar-refractivity contribution < 1.29 is 33.3 Å². The molecular formula is C21H29NO7. The van der Waals surface area contributed by atoms with E-state index in [9.17, 15) is 9.59 Å². The number of amides is 1. The molecule has 2 aliphatic rings. The van der Waals surface area contributed by atoms with E-state index in [0.717, 1.165) is 12.8 Å². The van der Waals surface area contributed by atoms with Crippen molar-refractivity contribution in [1.82, 2.24) is 4.90 Å². The number of esters is 1. The van der Waals surface area contributed by atoms with E-state index in [1.165, 1.54) is 19.1 Å². The molecule has 1 aromatic carbocycles. The third-order valence-electron chi connectivity index (χ3n) is 5.01. The topological polar surface area (TPSA) is 83.5 Å². The maximum Gasteiger partial charge on any atom is 0.413 e. The minimum absolute atomic E-state index is 0.154. The largest absolute Gasteiger partial charge is 0.497 e. The van der Waals surface area contributed by atoms with Gasteiger partial charge in [-0.1, -0.05) is 0 Å². The molecule has 2 fully saturated rings. The summed E-state index contributed by atoms with van der Waals surface area (Å²) < 4.78 is 27.5. The predicted molar refractivity (Wildman–Crippen MR) is 104 cm³/mol. The van der Waals surface area contributed by atoms with Crippen LogP contribution in [0.25, 0.3) is 0 Å². The number of hydrogen-bond acceptors (Lipinski definition) is 7. The fourth-order valence-corrected chi connectivity index (χ4v) is 3.59. The summed E-state index contributed by atoms with van der Waals surface area (Å²) in [5.74, 6) is 0.741. The number of carbonyl (C=O) groups is 2. The summed E-state index contributed by atoms with van der Waals surface area (Å²) in [6.07, 6.45) is -0.457. The van der Waals surface area contributed by atoms with Crippen LogP contribution >= 0.6 is 0 Å². The highest BCUT2D eigenvalue weighted by atomic mass is 16.6. The van der Waals surface area contributed by atoms with E-state index in [1.54, 1.807) is 46.1 Å². The van der Waals surface area contributed by atoms with Crippen LogP contribution in [0.4, 0.5) is 4.79 Å². The van der Waals surface area contributed by atoms with Crippen molar-refractivity contribution >= 4 is 12.1 Å². The summed E-state index contributed by atoms with van der Waals surface area (Å²) in [6, 6.07) is 4.77. The van der Waals surface area contributed by atoms with Gasteiger partial charge in [0, 0.05) is 11.6 Å². The molecule has 29 heavy (non-hydrogen) atoms. The van der Waals surface area contributed by atoms with Gasteiger partial charge in [0.05, 0.1) is 27.4 Å². The van der Waals surface area contributed by atoms with Crippen LogP contribution in [0.1, 0.15) is 45.4 Å². The van der Waals surface area contributed by atoms with Gasteiger partial charge in [-0.15, -0.1) is 0 Å². The summed E-state index contributed by atoms with van der Waals surface area (Å²) in [5.41, 5.74) is -0.0838. The number of carbonyl (C=O) groups excluding carboxylic acids is 2. The number of benzene rings is 1. The fourth-order valence-electron chi connectivity index (χ4n) is 3.59. The highest BCUT2D eigenvalue weighted by Crippen LogP contribution is 2.48. The lowest BCUT2D eigenvalue weighted by Gasteiger charge is -2.32. The molecule has 160 valence electrons. The van der Waals surface area contributed by atoms with Crippen molar-refractivity contribution in [3.63, 3.8) is 0 Å². The molecule has 1 amide bonds. The van der Waals surface area contributed by atoms with Gasteiger partial charge in [0.1, 0.15) is 17.1 Å². The van der Waals surface area contributed by atoms with Crippen molar-refractivity contribution in [3.05, 3.63) is 23.8 Å². The summed E-state index contributed by atoms with van der Waals surface area (Å²) in [4.78, 5) is 27.2. The van der Waals surface area contributed by atoms with Gasteiger partial charge in [-0.25, -0.2) is 9.59 Å². The molecule has 8 heteroatoms. The molecular weight excluding hydrogens is 378 g/mol. The molecule has 1 saturated heterocycles. The molecule has 3 atom stereocenters. The summed E-state index contributed by atoms with van der Waals surface area (Å²) in [7, 11) is 4.40. The number of nitrogens with zero attached hydrogens (tertiary/aromatic N) is 1. The van der Waals surface area contributed by atoms with Gasteiger partial charge < -0.3 is 23.7 Å². The van der Waals surface area contributed by atoms with Gasteiger partial charge >= 0.3 is 12.1 Å². The Morgan fingerprint density at radius 1 is 1.10 bits per heavy atom. The van der Waals surface area contributed by atoms with Crippen LogP contribution in [0.3, 0.4) is 0 Å². The zero-order chi connectivity index (χ0) is 21.3. The van der Waals surface area contributed by atoms with Crippen molar-refractivity contribution in [2.75, 3.05) is 21.3 Å². The quantitative estimate of drug-likeness (QED) is 0.693. The number of methoxy groups -OCH3 is 3. The number of hydrogen-bond donors (Lipinski definition) is 0. The summed E-state index contributed by atoms with van der Waals surface area (Å²) in [6.45, 7) is 5.40. The van der Waals surface area contributed by atoms with Crippen LogP contribution < -0.4 is 9.47 Å². The molecule has 1 aromatic rings. The molecule has 1 saturated carbocycles. The Bertz CT molecular complexity index is 769. The second-order valence-corrected chi connectivity index (χ2v) is 8.26.